The number of aliphatic carboxylic acids is 1. The molecule has 1 aliphatic carbocycles. The van der Waals surface area contributed by atoms with E-state index in [1.165, 1.54) is 23.5 Å². The highest BCUT2D eigenvalue weighted by atomic mass is 32.1. The Morgan fingerprint density at radius 3 is 2.81 bits per heavy atom. The summed E-state index contributed by atoms with van der Waals surface area (Å²) in [7, 11) is 0. The lowest BCUT2D eigenvalue weighted by Gasteiger charge is -2.29. The van der Waals surface area contributed by atoms with Crippen molar-refractivity contribution in [2.45, 2.75) is 76.9 Å². The van der Waals surface area contributed by atoms with Gasteiger partial charge in [0.15, 0.2) is 5.78 Å². The molecule has 3 aliphatic rings. The number of carboxylic acids is 1. The maximum atomic E-state index is 14.3. The molecule has 0 bridgehead atoms. The van der Waals surface area contributed by atoms with Crippen molar-refractivity contribution in [3.63, 3.8) is 0 Å². The van der Waals surface area contributed by atoms with Gasteiger partial charge in [0.25, 0.3) is 5.19 Å². The fourth-order valence-corrected chi connectivity index (χ4v) is 7.75. The number of thiazole rings is 1. The predicted molar refractivity (Wildman–Crippen MR) is 163 cm³/mol. The molecule has 0 spiro atoms. The number of allylic oxidation sites excluding steroid dienone is 2. The van der Waals surface area contributed by atoms with Gasteiger partial charge < -0.3 is 14.7 Å². The van der Waals surface area contributed by atoms with E-state index < -0.39 is 29.4 Å². The van der Waals surface area contributed by atoms with Crippen molar-refractivity contribution in [3.05, 3.63) is 71.6 Å². The number of halogens is 1. The number of aromatic nitrogens is 1. The van der Waals surface area contributed by atoms with Crippen LogP contribution in [0.4, 0.5) is 4.39 Å². The summed E-state index contributed by atoms with van der Waals surface area (Å²) in [4.78, 5) is 46.8. The zero-order valence-corrected chi connectivity index (χ0v) is 25.2. The van der Waals surface area contributed by atoms with Gasteiger partial charge in [-0.3, -0.25) is 14.4 Å². The minimum atomic E-state index is -1.12. The van der Waals surface area contributed by atoms with Gasteiger partial charge in [0.2, 0.25) is 5.91 Å². The Labute approximate surface area is 254 Å². The lowest BCUT2D eigenvalue weighted by molar-refractivity contribution is -0.147. The molecule has 226 valence electrons. The molecule has 1 aromatic heterocycles. The smallest absolute Gasteiger partial charge is 0.310 e. The number of hydrogen-bond donors (Lipinski definition) is 1. The summed E-state index contributed by atoms with van der Waals surface area (Å²) in [5.41, 5.74) is 1.26. The number of nitrogens with zero attached hydrogens (tertiary/aromatic N) is 2. The fraction of sp³-hybridized carbons (Fsp3) is 0.471. The third-order valence-electron chi connectivity index (χ3n) is 9.23. The second-order valence-corrected chi connectivity index (χ2v) is 13.4. The Kier molecular flexibility index (Phi) is 8.36. The molecule has 5 atom stereocenters. The normalized spacial score (nSPS) is 28.9. The van der Waals surface area contributed by atoms with Gasteiger partial charge >= 0.3 is 5.97 Å². The number of ether oxygens (including phenoxy) is 1. The first-order valence-corrected chi connectivity index (χ1v) is 16.0. The molecule has 1 saturated heterocycles. The number of hydrogen-bond acceptors (Lipinski definition) is 6. The summed E-state index contributed by atoms with van der Waals surface area (Å²) in [5, 5.41) is 10.6. The summed E-state index contributed by atoms with van der Waals surface area (Å²) in [6, 6.07) is 11.8. The number of aryl methyl sites for hydroxylation is 1. The summed E-state index contributed by atoms with van der Waals surface area (Å²) in [6.07, 6.45) is 8.68. The first-order valence-electron chi connectivity index (χ1n) is 15.2. The highest BCUT2D eigenvalue weighted by Gasteiger charge is 2.61. The van der Waals surface area contributed by atoms with Crippen molar-refractivity contribution < 1.29 is 28.6 Å². The quantitative estimate of drug-likeness (QED) is 0.333. The minimum Gasteiger partial charge on any atom is -0.481 e. The van der Waals surface area contributed by atoms with Gasteiger partial charge in [-0.05, 0) is 80.3 Å². The molecule has 3 aromatic rings. The summed E-state index contributed by atoms with van der Waals surface area (Å²) in [5.74, 6) is -2.29. The van der Waals surface area contributed by atoms with Crippen molar-refractivity contribution in [1.82, 2.24) is 9.88 Å². The van der Waals surface area contributed by atoms with E-state index in [2.05, 4.69) is 4.98 Å². The zero-order valence-electron chi connectivity index (χ0n) is 24.3. The maximum Gasteiger partial charge on any atom is 0.310 e. The lowest BCUT2D eigenvalue weighted by atomic mass is 9.90. The van der Waals surface area contributed by atoms with E-state index in [0.717, 1.165) is 47.0 Å². The lowest BCUT2D eigenvalue weighted by Crippen LogP contribution is -2.45. The minimum absolute atomic E-state index is 0.118. The van der Waals surface area contributed by atoms with Crippen molar-refractivity contribution in [1.29, 1.82) is 0 Å². The van der Waals surface area contributed by atoms with E-state index in [4.69, 9.17) is 4.74 Å². The molecular weight excluding hydrogens is 567 g/mol. The average molecular weight is 605 g/mol. The molecule has 2 fully saturated rings. The number of Topliss-reactive ketones (excluding diaryl/α,β-unsaturated/α-hetero) is 1. The Morgan fingerprint density at radius 1 is 1.19 bits per heavy atom. The predicted octanol–water partition coefficient (Wildman–Crippen LogP) is 6.52. The van der Waals surface area contributed by atoms with Crippen LogP contribution in [0.5, 0.6) is 5.19 Å². The summed E-state index contributed by atoms with van der Waals surface area (Å²) < 4.78 is 21.6. The van der Waals surface area contributed by atoms with Gasteiger partial charge in [0.1, 0.15) is 11.9 Å². The van der Waals surface area contributed by atoms with E-state index in [-0.39, 0.29) is 42.8 Å². The van der Waals surface area contributed by atoms with Crippen LogP contribution < -0.4 is 4.74 Å². The molecule has 1 amide bonds. The van der Waals surface area contributed by atoms with Crippen LogP contribution in [0, 0.1) is 30.0 Å². The molecule has 0 radical (unpaired) electrons. The summed E-state index contributed by atoms with van der Waals surface area (Å²) >= 11 is 1.42. The molecule has 0 unspecified atom stereocenters. The molecule has 6 rings (SSSR count). The fourth-order valence-electron chi connectivity index (χ4n) is 6.87. The highest BCUT2D eigenvalue weighted by Crippen LogP contribution is 2.57. The van der Waals surface area contributed by atoms with Crippen LogP contribution in [0.2, 0.25) is 0 Å². The molecule has 43 heavy (non-hydrogen) atoms. The van der Waals surface area contributed by atoms with Crippen molar-refractivity contribution in [3.8, 4) is 5.19 Å². The number of carboxylic acid groups (broad SMARTS) is 1. The number of benzene rings is 2. The molecule has 1 saturated carbocycles. The number of rotatable bonds is 5. The molecule has 9 heteroatoms. The van der Waals surface area contributed by atoms with Crippen molar-refractivity contribution in [2.24, 2.45) is 17.3 Å². The van der Waals surface area contributed by atoms with Crippen LogP contribution in [0.25, 0.3) is 10.2 Å². The van der Waals surface area contributed by atoms with Gasteiger partial charge in [-0.15, -0.1) is 0 Å². The van der Waals surface area contributed by atoms with E-state index in [1.54, 1.807) is 4.90 Å². The average Bonchev–Trinajstić information content (AvgIpc) is 3.28. The van der Waals surface area contributed by atoms with Crippen LogP contribution in [-0.2, 0) is 20.8 Å². The number of fused-ring (bicyclic) bond motifs is 3. The number of ketones is 1. The van der Waals surface area contributed by atoms with Crippen LogP contribution >= 0.6 is 11.3 Å². The van der Waals surface area contributed by atoms with Crippen LogP contribution in [-0.4, -0.2) is 51.3 Å². The second-order valence-electron chi connectivity index (χ2n) is 12.4. The number of carbonyl (C=O) groups excluding carboxylic acids is 2. The Hall–Kier alpha value is -3.59. The van der Waals surface area contributed by atoms with Crippen LogP contribution in [0.3, 0.4) is 0 Å². The largest absolute Gasteiger partial charge is 0.481 e. The molecule has 3 heterocycles. The van der Waals surface area contributed by atoms with E-state index in [9.17, 15) is 23.9 Å². The zero-order chi connectivity index (χ0) is 30.1. The third kappa shape index (κ3) is 6.37. The van der Waals surface area contributed by atoms with E-state index in [0.29, 0.717) is 24.5 Å². The third-order valence-corrected chi connectivity index (χ3v) is 10.2. The number of amides is 1. The van der Waals surface area contributed by atoms with Crippen molar-refractivity contribution >= 4 is 39.2 Å². The van der Waals surface area contributed by atoms with Gasteiger partial charge in [-0.1, -0.05) is 54.5 Å². The Balaban J connectivity index is 1.30. The van der Waals surface area contributed by atoms with Gasteiger partial charge in [-0.25, -0.2) is 9.37 Å². The molecule has 1 N–H and O–H groups in total. The number of carbonyl (C=O) groups is 3. The molecule has 7 nitrogen and oxygen atoms in total. The molecule has 2 aliphatic heterocycles. The highest BCUT2D eigenvalue weighted by molar-refractivity contribution is 7.20. The van der Waals surface area contributed by atoms with Crippen LogP contribution in [0.1, 0.15) is 62.5 Å². The van der Waals surface area contributed by atoms with Gasteiger partial charge in [0, 0.05) is 18.8 Å². The Bertz CT molecular complexity index is 1520. The summed E-state index contributed by atoms with van der Waals surface area (Å²) in [6.45, 7) is 2.05. The van der Waals surface area contributed by atoms with E-state index >= 15 is 0 Å². The molecule has 2 aromatic carbocycles. The van der Waals surface area contributed by atoms with Gasteiger partial charge in [-0.2, -0.15) is 0 Å². The SMILES string of the molecule is Cc1cc(F)cc(C[C@H]2CCCCC/C=C\[C@@H]3C[C@@]3(C(=O)O)CC(=O)[C@@H]3C[C@@H](Oc4nc5ccccc5s4)CN3C2=O)c1. The monoisotopic (exact) mass is 604 g/mol. The number of para-hydroxylation sites is 1. The van der Waals surface area contributed by atoms with E-state index in [1.807, 2.05) is 49.4 Å². The topological polar surface area (TPSA) is 96.8 Å². The van der Waals surface area contributed by atoms with Crippen molar-refractivity contribution in [2.75, 3.05) is 6.54 Å². The van der Waals surface area contributed by atoms with Gasteiger partial charge in [0.05, 0.1) is 28.2 Å². The Morgan fingerprint density at radius 2 is 2.02 bits per heavy atom. The standard InChI is InChI=1S/C34H37FN2O5S/c1-21-13-22(16-25(35)14-21)15-23-9-5-3-2-4-6-10-24-18-34(24,32(40)41)19-29(38)28-17-26(20-37(28)31(23)39)42-33-36-27-11-7-8-12-30(27)43-33/h6-8,10-14,16,23-24,26,28H,2-5,9,15,17-20H2,1H3,(H,40,41)/b10-6-/t23-,24-,26-,28+,34-/m1/s1. The maximum absolute atomic E-state index is 14.3. The first kappa shape index (κ1) is 29.5. The first-order chi connectivity index (χ1) is 20.7. The second kappa shape index (κ2) is 12.2. The van der Waals surface area contributed by atoms with Crippen LogP contribution in [0.15, 0.2) is 54.6 Å². The molecular formula is C34H37FN2O5S.